The van der Waals surface area contributed by atoms with Crippen LogP contribution in [-0.4, -0.2) is 0 Å². The highest BCUT2D eigenvalue weighted by Crippen LogP contribution is 2.52. The molecule has 0 saturated carbocycles. The number of fused-ring (bicyclic) bond motifs is 4. The molecule has 0 atom stereocenters. The molecule has 0 unspecified atom stereocenters. The van der Waals surface area contributed by atoms with Crippen molar-refractivity contribution in [1.29, 1.82) is 0 Å². The van der Waals surface area contributed by atoms with E-state index in [9.17, 15) is 0 Å². The number of allylic oxidation sites excluding steroid dienone is 9. The molecule has 0 radical (unpaired) electrons. The fraction of sp³-hybridized carbons (Fsp3) is 0.136. The summed E-state index contributed by atoms with van der Waals surface area (Å²) in [6.45, 7) is 11.3. The van der Waals surface area contributed by atoms with Crippen molar-refractivity contribution in [1.82, 2.24) is 0 Å². The van der Waals surface area contributed by atoms with Gasteiger partial charge in [-0.2, -0.15) is 0 Å². The standard InChI is InChI=1S/C44H37NS/c1-5-39-37(35-19-8-10-21-40(35)44(39,3)4)26-29(2)45(41-22-13-15-30-14-6-7-18-34(30)41)33-17-12-16-31(27-33)32-24-25-43-38(28-32)36-20-9-11-23-42(36)46-43/h5-9,11-20,22-28H,1,10,21H2,2-4H3/b29-26+. The quantitative estimate of drug-likeness (QED) is 0.181. The zero-order chi connectivity index (χ0) is 31.4. The highest BCUT2D eigenvalue weighted by molar-refractivity contribution is 7.25. The van der Waals surface area contributed by atoms with Crippen molar-refractivity contribution < 1.29 is 0 Å². The summed E-state index contributed by atoms with van der Waals surface area (Å²) in [7, 11) is 0. The first kappa shape index (κ1) is 28.5. The Bertz CT molecular complexity index is 2310. The third kappa shape index (κ3) is 4.59. The van der Waals surface area contributed by atoms with Crippen LogP contribution in [-0.2, 0) is 0 Å². The Balaban J connectivity index is 1.31. The van der Waals surface area contributed by atoms with Gasteiger partial charge in [-0.1, -0.05) is 117 Å². The molecule has 0 fully saturated rings. The molecule has 46 heavy (non-hydrogen) atoms. The average molecular weight is 612 g/mol. The Labute approximate surface area is 275 Å². The summed E-state index contributed by atoms with van der Waals surface area (Å²) in [4.78, 5) is 2.44. The molecule has 8 rings (SSSR count). The van der Waals surface area contributed by atoms with Gasteiger partial charge in [0, 0.05) is 42.4 Å². The van der Waals surface area contributed by atoms with Crippen LogP contribution in [0, 0.1) is 5.41 Å². The lowest BCUT2D eigenvalue weighted by atomic mass is 9.77. The minimum atomic E-state index is -0.0252. The van der Waals surface area contributed by atoms with Crippen LogP contribution in [0.2, 0.25) is 0 Å². The molecule has 0 N–H and O–H groups in total. The topological polar surface area (TPSA) is 3.24 Å². The molecule has 2 heteroatoms. The van der Waals surface area contributed by atoms with Crippen molar-refractivity contribution in [2.24, 2.45) is 5.41 Å². The first-order valence-corrected chi connectivity index (χ1v) is 17.0. The van der Waals surface area contributed by atoms with Crippen molar-refractivity contribution in [3.63, 3.8) is 0 Å². The van der Waals surface area contributed by atoms with E-state index in [-0.39, 0.29) is 5.41 Å². The minimum absolute atomic E-state index is 0.0252. The highest BCUT2D eigenvalue weighted by atomic mass is 32.1. The van der Waals surface area contributed by atoms with Crippen LogP contribution in [0.4, 0.5) is 11.4 Å². The van der Waals surface area contributed by atoms with Crippen LogP contribution in [0.15, 0.2) is 168 Å². The Morgan fingerprint density at radius 3 is 2.39 bits per heavy atom. The summed E-state index contributed by atoms with van der Waals surface area (Å²) in [6.07, 6.45) is 11.3. The monoisotopic (exact) mass is 611 g/mol. The summed E-state index contributed by atoms with van der Waals surface area (Å²) in [5.74, 6) is 0. The van der Waals surface area contributed by atoms with Gasteiger partial charge in [0.2, 0.25) is 0 Å². The molecular weight excluding hydrogens is 575 g/mol. The predicted molar refractivity (Wildman–Crippen MR) is 201 cm³/mol. The zero-order valence-electron chi connectivity index (χ0n) is 26.7. The lowest BCUT2D eigenvalue weighted by Crippen LogP contribution is -2.16. The Kier molecular flexibility index (Phi) is 6.92. The molecule has 1 heterocycles. The van der Waals surface area contributed by atoms with Gasteiger partial charge in [0.05, 0.1) is 5.69 Å². The maximum Gasteiger partial charge on any atom is 0.0536 e. The van der Waals surface area contributed by atoms with Gasteiger partial charge >= 0.3 is 0 Å². The van der Waals surface area contributed by atoms with Gasteiger partial charge in [0.15, 0.2) is 0 Å². The summed E-state index contributed by atoms with van der Waals surface area (Å²) in [6, 6.07) is 40.0. The molecular formula is C44H37NS. The third-order valence-electron chi connectivity index (χ3n) is 9.91. The number of rotatable bonds is 6. The summed E-state index contributed by atoms with van der Waals surface area (Å²) < 4.78 is 2.66. The van der Waals surface area contributed by atoms with E-state index < -0.39 is 0 Å². The summed E-state index contributed by atoms with van der Waals surface area (Å²) >= 11 is 1.86. The van der Waals surface area contributed by atoms with Gasteiger partial charge in [-0.15, -0.1) is 11.3 Å². The number of nitrogens with zero attached hydrogens (tertiary/aromatic N) is 1. The zero-order valence-corrected chi connectivity index (χ0v) is 27.5. The van der Waals surface area contributed by atoms with E-state index in [0.717, 1.165) is 18.5 Å². The van der Waals surface area contributed by atoms with E-state index in [4.69, 9.17) is 0 Å². The Morgan fingerprint density at radius 2 is 1.52 bits per heavy atom. The Morgan fingerprint density at radius 1 is 0.783 bits per heavy atom. The molecule has 5 aromatic carbocycles. The predicted octanol–water partition coefficient (Wildman–Crippen LogP) is 13.1. The summed E-state index contributed by atoms with van der Waals surface area (Å²) in [5.41, 5.74) is 11.4. The van der Waals surface area contributed by atoms with Gasteiger partial charge in [-0.3, -0.25) is 0 Å². The number of benzene rings is 5. The molecule has 0 spiro atoms. The van der Waals surface area contributed by atoms with Gasteiger partial charge in [0.25, 0.3) is 0 Å². The molecule has 2 aliphatic carbocycles. The lowest BCUT2D eigenvalue weighted by Gasteiger charge is -2.28. The van der Waals surface area contributed by atoms with E-state index in [1.165, 1.54) is 75.7 Å². The highest BCUT2D eigenvalue weighted by Gasteiger charge is 2.37. The van der Waals surface area contributed by atoms with Crippen LogP contribution in [0.3, 0.4) is 0 Å². The maximum atomic E-state index is 4.29. The Hall–Kier alpha value is -4.92. The largest absolute Gasteiger partial charge is 0.314 e. The van der Waals surface area contributed by atoms with E-state index in [0.29, 0.717) is 0 Å². The van der Waals surface area contributed by atoms with Gasteiger partial charge in [0.1, 0.15) is 0 Å². The molecule has 0 saturated heterocycles. The van der Waals surface area contributed by atoms with Crippen molar-refractivity contribution in [3.05, 3.63) is 168 Å². The second kappa shape index (κ2) is 11.2. The van der Waals surface area contributed by atoms with Gasteiger partial charge in [-0.05, 0) is 95.5 Å². The second-order valence-corrected chi connectivity index (χ2v) is 14.1. The van der Waals surface area contributed by atoms with Crippen LogP contribution in [0.25, 0.3) is 42.1 Å². The number of anilines is 2. The lowest BCUT2D eigenvalue weighted by molar-refractivity contribution is 0.535. The van der Waals surface area contributed by atoms with Crippen molar-refractivity contribution in [3.8, 4) is 11.1 Å². The van der Waals surface area contributed by atoms with E-state index in [2.05, 4.69) is 166 Å². The van der Waals surface area contributed by atoms with Gasteiger partial charge < -0.3 is 4.90 Å². The van der Waals surface area contributed by atoms with Crippen LogP contribution >= 0.6 is 11.3 Å². The van der Waals surface area contributed by atoms with E-state index in [1.807, 2.05) is 11.3 Å². The van der Waals surface area contributed by atoms with Gasteiger partial charge in [-0.25, -0.2) is 0 Å². The maximum absolute atomic E-state index is 4.29. The number of hydrogen-bond acceptors (Lipinski definition) is 2. The van der Waals surface area contributed by atoms with Crippen molar-refractivity contribution >= 4 is 53.7 Å². The normalized spacial score (nSPS) is 16.1. The molecule has 1 nitrogen and oxygen atoms in total. The fourth-order valence-electron chi connectivity index (χ4n) is 7.67. The molecule has 0 aliphatic heterocycles. The SMILES string of the molecule is C=CC1=C(/C=C(\C)N(c2cccc(-c3ccc4sc5ccccc5c4c3)c2)c2cccc3ccccc23)C2=C(CCC=C2)C1(C)C. The van der Waals surface area contributed by atoms with E-state index in [1.54, 1.807) is 0 Å². The van der Waals surface area contributed by atoms with Crippen LogP contribution in [0.5, 0.6) is 0 Å². The third-order valence-corrected chi connectivity index (χ3v) is 11.1. The summed E-state index contributed by atoms with van der Waals surface area (Å²) in [5, 5.41) is 5.11. The molecule has 6 aromatic rings. The first-order valence-electron chi connectivity index (χ1n) is 16.2. The van der Waals surface area contributed by atoms with Crippen molar-refractivity contribution in [2.75, 3.05) is 4.90 Å². The average Bonchev–Trinajstić information content (AvgIpc) is 3.56. The second-order valence-electron chi connectivity index (χ2n) is 13.0. The van der Waals surface area contributed by atoms with Crippen LogP contribution < -0.4 is 4.90 Å². The fourth-order valence-corrected chi connectivity index (χ4v) is 8.76. The first-order chi connectivity index (χ1) is 22.4. The van der Waals surface area contributed by atoms with Crippen molar-refractivity contribution in [2.45, 2.75) is 33.6 Å². The molecule has 0 bridgehead atoms. The molecule has 0 amide bonds. The minimum Gasteiger partial charge on any atom is -0.314 e. The molecule has 1 aromatic heterocycles. The number of hydrogen-bond donors (Lipinski definition) is 0. The van der Waals surface area contributed by atoms with Crippen LogP contribution in [0.1, 0.15) is 33.6 Å². The number of thiophene rings is 1. The smallest absolute Gasteiger partial charge is 0.0536 e. The molecule has 2 aliphatic rings. The van der Waals surface area contributed by atoms with E-state index >= 15 is 0 Å². The molecule has 224 valence electrons.